The predicted octanol–water partition coefficient (Wildman–Crippen LogP) is 3.53. The molecule has 3 heterocycles. The number of rotatable bonds is 3. The molecular weight excluding hydrogens is 438 g/mol. The Labute approximate surface area is 189 Å². The first-order valence-electron chi connectivity index (χ1n) is 10.1. The summed E-state index contributed by atoms with van der Waals surface area (Å²) in [5.41, 5.74) is -0.205. The Kier molecular flexibility index (Phi) is 5.68. The second-order valence-corrected chi connectivity index (χ2v) is 10.7. The number of carbonyl (C=O) groups is 2. The first-order valence-corrected chi connectivity index (χ1v) is 12.4. The summed E-state index contributed by atoms with van der Waals surface area (Å²) < 4.78 is 16.7. The minimum Gasteiger partial charge on any atom is -0.493 e. The molecule has 0 aromatic heterocycles. The minimum absolute atomic E-state index is 0.0868. The Morgan fingerprint density at radius 1 is 1.35 bits per heavy atom. The molecule has 8 nitrogen and oxygen atoms in total. The number of benzene rings is 1. The molecule has 3 aliphatic heterocycles. The van der Waals surface area contributed by atoms with Gasteiger partial charge < -0.3 is 24.0 Å². The monoisotopic (exact) mass is 463 g/mol. The molecule has 3 atom stereocenters. The number of methoxy groups -OCH3 is 1. The van der Waals surface area contributed by atoms with Crippen molar-refractivity contribution < 1.29 is 23.8 Å². The highest BCUT2D eigenvalue weighted by Crippen LogP contribution is 2.55. The summed E-state index contributed by atoms with van der Waals surface area (Å²) in [6, 6.07) is 5.58. The van der Waals surface area contributed by atoms with Crippen molar-refractivity contribution in [3.63, 3.8) is 0 Å². The van der Waals surface area contributed by atoms with Crippen molar-refractivity contribution in [3.8, 4) is 23.3 Å². The summed E-state index contributed by atoms with van der Waals surface area (Å²) in [6.07, 6.45) is 1.03. The molecule has 2 amide bonds. The number of nitrogens with zero attached hydrogens (tertiary/aromatic N) is 3. The van der Waals surface area contributed by atoms with Gasteiger partial charge in [0.05, 0.1) is 30.5 Å². The maximum Gasteiger partial charge on any atom is 0.260 e. The summed E-state index contributed by atoms with van der Waals surface area (Å²) >= 11 is 0. The van der Waals surface area contributed by atoms with Crippen molar-refractivity contribution >= 4 is 33.4 Å². The summed E-state index contributed by atoms with van der Waals surface area (Å²) in [4.78, 5) is 29.0. The van der Waals surface area contributed by atoms with Crippen molar-refractivity contribution in [1.29, 1.82) is 5.26 Å². The van der Waals surface area contributed by atoms with E-state index in [2.05, 4.69) is 6.07 Å². The fourth-order valence-corrected chi connectivity index (χ4v) is 7.29. The first kappa shape index (κ1) is 22.0. The highest BCUT2D eigenvalue weighted by Gasteiger charge is 2.54. The van der Waals surface area contributed by atoms with Crippen LogP contribution >= 0.6 is 21.6 Å². The third-order valence-corrected chi connectivity index (χ3v) is 9.47. The predicted molar refractivity (Wildman–Crippen MR) is 117 cm³/mol. The van der Waals surface area contributed by atoms with Crippen LogP contribution in [-0.2, 0) is 9.59 Å². The largest absolute Gasteiger partial charge is 0.493 e. The summed E-state index contributed by atoms with van der Waals surface area (Å²) in [6.45, 7) is 3.80. The van der Waals surface area contributed by atoms with Gasteiger partial charge in [0.25, 0.3) is 5.91 Å². The van der Waals surface area contributed by atoms with Crippen LogP contribution < -0.4 is 14.2 Å². The lowest BCUT2D eigenvalue weighted by Crippen LogP contribution is -2.58. The van der Waals surface area contributed by atoms with Crippen molar-refractivity contribution in [2.24, 2.45) is 5.41 Å². The molecule has 10 heteroatoms. The lowest BCUT2D eigenvalue weighted by atomic mass is 9.72. The van der Waals surface area contributed by atoms with Crippen molar-refractivity contribution in [2.45, 2.75) is 44.0 Å². The SMILES string of the molecule is CC[C@]1(C#N)CCC(=O)N(C)C2(C)SSCN(C2=O)C1c1cc(OC)c2c(c1)OCO2. The van der Waals surface area contributed by atoms with E-state index in [1.165, 1.54) is 26.5 Å². The normalized spacial score (nSPS) is 30.4. The second kappa shape index (κ2) is 8.02. The Bertz CT molecular complexity index is 967. The zero-order valence-corrected chi connectivity index (χ0v) is 19.6. The molecule has 0 N–H and O–H groups in total. The third kappa shape index (κ3) is 3.29. The fourth-order valence-electron chi connectivity index (χ4n) is 4.49. The van der Waals surface area contributed by atoms with Gasteiger partial charge in [0.15, 0.2) is 16.4 Å². The van der Waals surface area contributed by atoms with Gasteiger partial charge in [0, 0.05) is 13.5 Å². The second-order valence-electron chi connectivity index (χ2n) is 8.02. The van der Waals surface area contributed by atoms with E-state index < -0.39 is 16.3 Å². The van der Waals surface area contributed by atoms with E-state index >= 15 is 0 Å². The molecule has 0 spiro atoms. The van der Waals surface area contributed by atoms with Crippen LogP contribution in [0.25, 0.3) is 0 Å². The molecule has 2 unspecified atom stereocenters. The highest BCUT2D eigenvalue weighted by molar-refractivity contribution is 8.77. The van der Waals surface area contributed by atoms with Gasteiger partial charge in [-0.2, -0.15) is 5.26 Å². The lowest BCUT2D eigenvalue weighted by Gasteiger charge is -2.47. The molecule has 4 rings (SSSR count). The van der Waals surface area contributed by atoms with Crippen LogP contribution in [0.1, 0.15) is 44.7 Å². The number of fused-ring (bicyclic) bond motifs is 3. The number of nitriles is 1. The zero-order valence-electron chi connectivity index (χ0n) is 18.0. The van der Waals surface area contributed by atoms with Crippen molar-refractivity contribution in [2.75, 3.05) is 26.8 Å². The maximum atomic E-state index is 13.8. The van der Waals surface area contributed by atoms with Gasteiger partial charge >= 0.3 is 0 Å². The van der Waals surface area contributed by atoms with E-state index in [9.17, 15) is 14.9 Å². The zero-order chi connectivity index (χ0) is 22.4. The van der Waals surface area contributed by atoms with Crippen LogP contribution in [0.15, 0.2) is 12.1 Å². The van der Waals surface area contributed by atoms with Gasteiger partial charge in [-0.3, -0.25) is 9.59 Å². The van der Waals surface area contributed by atoms with Gasteiger partial charge in [-0.05, 0) is 37.5 Å². The molecule has 2 saturated heterocycles. The number of hydrogen-bond donors (Lipinski definition) is 0. The average molecular weight is 464 g/mol. The van der Waals surface area contributed by atoms with Gasteiger partial charge in [-0.15, -0.1) is 0 Å². The van der Waals surface area contributed by atoms with Crippen LogP contribution in [0.4, 0.5) is 0 Å². The molecule has 2 bridgehead atoms. The fraction of sp³-hybridized carbons (Fsp3) is 0.571. The van der Waals surface area contributed by atoms with Crippen LogP contribution in [0.2, 0.25) is 0 Å². The molecule has 166 valence electrons. The van der Waals surface area contributed by atoms with Crippen LogP contribution in [0.5, 0.6) is 17.2 Å². The lowest BCUT2D eigenvalue weighted by molar-refractivity contribution is -0.146. The van der Waals surface area contributed by atoms with Crippen LogP contribution in [-0.4, -0.2) is 53.3 Å². The number of likely N-dealkylation sites (N-methyl/N-ethyl adjacent to an activating group) is 1. The van der Waals surface area contributed by atoms with Crippen LogP contribution in [0.3, 0.4) is 0 Å². The molecular formula is C21H25N3O5S2. The Hall–Kier alpha value is -2.25. The summed E-state index contributed by atoms with van der Waals surface area (Å²) in [5, 5.41) is 10.4. The molecule has 3 aliphatic rings. The maximum absolute atomic E-state index is 13.8. The van der Waals surface area contributed by atoms with Crippen molar-refractivity contribution in [1.82, 2.24) is 9.80 Å². The number of hydrogen-bond acceptors (Lipinski definition) is 8. The van der Waals surface area contributed by atoms with Gasteiger partial charge in [-0.1, -0.05) is 28.5 Å². The molecule has 1 aromatic carbocycles. The number of amides is 2. The van der Waals surface area contributed by atoms with Gasteiger partial charge in [-0.25, -0.2) is 0 Å². The molecule has 2 fully saturated rings. The first-order chi connectivity index (χ1) is 14.8. The smallest absolute Gasteiger partial charge is 0.260 e. The van der Waals surface area contributed by atoms with Crippen LogP contribution in [0, 0.1) is 16.7 Å². The van der Waals surface area contributed by atoms with E-state index in [-0.39, 0.29) is 25.0 Å². The molecule has 0 radical (unpaired) electrons. The van der Waals surface area contributed by atoms with Gasteiger partial charge in [0.1, 0.15) is 0 Å². The third-order valence-electron chi connectivity index (χ3n) is 6.55. The molecule has 0 saturated carbocycles. The van der Waals surface area contributed by atoms with E-state index in [4.69, 9.17) is 14.2 Å². The van der Waals surface area contributed by atoms with Gasteiger partial charge in [0.2, 0.25) is 18.4 Å². The average Bonchev–Trinajstić information content (AvgIpc) is 3.26. The summed E-state index contributed by atoms with van der Waals surface area (Å²) in [7, 11) is 6.12. The topological polar surface area (TPSA) is 92.1 Å². The summed E-state index contributed by atoms with van der Waals surface area (Å²) in [5.74, 6) is 1.63. The molecule has 31 heavy (non-hydrogen) atoms. The van der Waals surface area contributed by atoms with E-state index in [0.717, 1.165) is 5.56 Å². The minimum atomic E-state index is -1.04. The number of carbonyl (C=O) groups excluding carboxylic acids is 2. The number of ether oxygens (including phenoxy) is 3. The van der Waals surface area contributed by atoms with E-state index in [1.807, 2.05) is 19.1 Å². The highest BCUT2D eigenvalue weighted by atomic mass is 33.1. The van der Waals surface area contributed by atoms with Crippen molar-refractivity contribution in [3.05, 3.63) is 17.7 Å². The Morgan fingerprint density at radius 2 is 2.13 bits per heavy atom. The molecule has 1 aromatic rings. The molecule has 0 aliphatic carbocycles. The standard InChI is InChI=1S/C21H25N3O5S2/c1-5-21(10-22)7-6-16(25)23(3)20(2)19(26)24(11-30-31-20)18(21)13-8-14(27-4)17-15(9-13)28-12-29-17/h8-9,18H,5-7,11-12H2,1-4H3/t18?,20?,21-/m1/s1. The van der Waals surface area contributed by atoms with E-state index in [1.54, 1.807) is 26.0 Å². The Morgan fingerprint density at radius 3 is 2.81 bits per heavy atom. The quantitative estimate of drug-likeness (QED) is 0.629. The van der Waals surface area contributed by atoms with E-state index in [0.29, 0.717) is 36.0 Å². The Balaban J connectivity index is 1.94.